The van der Waals surface area contributed by atoms with Gasteiger partial charge in [0.15, 0.2) is 24.3 Å². The first-order chi connectivity index (χ1) is 8.73. The van der Waals surface area contributed by atoms with Crippen LogP contribution in [0.3, 0.4) is 0 Å². The van der Waals surface area contributed by atoms with E-state index < -0.39 is 41.7 Å². The van der Waals surface area contributed by atoms with E-state index in [1.54, 1.807) is 6.92 Å². The smallest absolute Gasteiger partial charge is 0.342 e. The monoisotopic (exact) mass is 289 g/mol. The summed E-state index contributed by atoms with van der Waals surface area (Å²) in [5.74, 6) is -6.22. The Morgan fingerprint density at radius 3 is 2.11 bits per heavy atom. The average molecular weight is 289 g/mol. The third kappa shape index (κ3) is 3.10. The van der Waals surface area contributed by atoms with Gasteiger partial charge in [-0.25, -0.2) is 17.6 Å². The SMILES string of the molecule is CCCN(CF)c1cc(F)c(F)c(C(F)(F)F)c1F. The lowest BCUT2D eigenvalue weighted by Gasteiger charge is -2.23. The van der Waals surface area contributed by atoms with Gasteiger partial charge >= 0.3 is 6.18 Å². The fourth-order valence-electron chi connectivity index (χ4n) is 1.58. The fourth-order valence-corrected chi connectivity index (χ4v) is 1.58. The number of anilines is 1. The Hall–Kier alpha value is -1.47. The lowest BCUT2D eigenvalue weighted by molar-refractivity contribution is -0.142. The highest BCUT2D eigenvalue weighted by Gasteiger charge is 2.41. The maximum absolute atomic E-state index is 13.6. The Morgan fingerprint density at radius 1 is 1.11 bits per heavy atom. The Bertz CT molecular complexity index is 455. The summed E-state index contributed by atoms with van der Waals surface area (Å²) in [5.41, 5.74) is -3.30. The van der Waals surface area contributed by atoms with Crippen molar-refractivity contribution in [2.45, 2.75) is 19.5 Å². The molecule has 1 aromatic carbocycles. The molecule has 0 radical (unpaired) electrons. The van der Waals surface area contributed by atoms with E-state index in [2.05, 4.69) is 0 Å². The summed E-state index contributed by atoms with van der Waals surface area (Å²) in [6.07, 6.45) is -5.11. The molecule has 0 aliphatic heterocycles. The second kappa shape index (κ2) is 5.66. The van der Waals surface area contributed by atoms with E-state index in [9.17, 15) is 30.7 Å². The fraction of sp³-hybridized carbons (Fsp3) is 0.455. The van der Waals surface area contributed by atoms with Crippen LogP contribution >= 0.6 is 0 Å². The van der Waals surface area contributed by atoms with Gasteiger partial charge in [-0.2, -0.15) is 13.2 Å². The minimum atomic E-state index is -5.40. The summed E-state index contributed by atoms with van der Waals surface area (Å²) in [6, 6.07) is 0.217. The molecule has 0 fully saturated rings. The van der Waals surface area contributed by atoms with E-state index in [0.29, 0.717) is 11.3 Å². The summed E-state index contributed by atoms with van der Waals surface area (Å²) in [6.45, 7) is 0.133. The van der Waals surface area contributed by atoms with Crippen LogP contribution in [0.25, 0.3) is 0 Å². The van der Waals surface area contributed by atoms with E-state index in [1.165, 1.54) is 0 Å². The van der Waals surface area contributed by atoms with Crippen LogP contribution in [0.1, 0.15) is 18.9 Å². The highest BCUT2D eigenvalue weighted by Crippen LogP contribution is 2.38. The molecule has 0 heterocycles. The molecule has 8 heteroatoms. The van der Waals surface area contributed by atoms with E-state index in [-0.39, 0.29) is 12.6 Å². The third-order valence-electron chi connectivity index (χ3n) is 2.40. The van der Waals surface area contributed by atoms with Crippen LogP contribution < -0.4 is 4.90 Å². The van der Waals surface area contributed by atoms with Gasteiger partial charge in [-0.3, -0.25) is 0 Å². The zero-order chi connectivity index (χ0) is 14.8. The highest BCUT2D eigenvalue weighted by atomic mass is 19.4. The van der Waals surface area contributed by atoms with E-state index in [0.717, 1.165) is 0 Å². The molecule has 19 heavy (non-hydrogen) atoms. The number of nitrogens with zero attached hydrogens (tertiary/aromatic N) is 1. The van der Waals surface area contributed by atoms with Crippen molar-refractivity contribution in [2.75, 3.05) is 18.2 Å². The molecule has 1 rings (SSSR count). The summed E-state index contributed by atoms with van der Waals surface area (Å²) in [4.78, 5) is 0.563. The Kier molecular flexibility index (Phi) is 4.65. The lowest BCUT2D eigenvalue weighted by atomic mass is 10.1. The van der Waals surface area contributed by atoms with Gasteiger partial charge in [0.25, 0.3) is 0 Å². The second-order valence-corrected chi connectivity index (χ2v) is 3.76. The first-order valence-corrected chi connectivity index (χ1v) is 5.29. The number of benzene rings is 1. The van der Waals surface area contributed by atoms with Gasteiger partial charge in [-0.1, -0.05) is 6.92 Å². The summed E-state index contributed by atoms with van der Waals surface area (Å²) in [5, 5.41) is 0. The van der Waals surface area contributed by atoms with Gasteiger partial charge in [-0.05, 0) is 6.42 Å². The predicted molar refractivity (Wildman–Crippen MR) is 54.9 cm³/mol. The van der Waals surface area contributed by atoms with Crippen LogP contribution in [0.15, 0.2) is 6.07 Å². The van der Waals surface area contributed by atoms with E-state index in [4.69, 9.17) is 0 Å². The number of alkyl halides is 4. The van der Waals surface area contributed by atoms with E-state index in [1.807, 2.05) is 0 Å². The summed E-state index contributed by atoms with van der Waals surface area (Å²) in [7, 11) is 0. The number of hydrogen-bond donors (Lipinski definition) is 0. The molecule has 0 amide bonds. The van der Waals surface area contributed by atoms with Crippen molar-refractivity contribution in [1.29, 1.82) is 0 Å². The highest BCUT2D eigenvalue weighted by molar-refractivity contribution is 5.51. The van der Waals surface area contributed by atoms with Gasteiger partial charge in [0.2, 0.25) is 0 Å². The van der Waals surface area contributed by atoms with Gasteiger partial charge in [0.05, 0.1) is 5.69 Å². The normalized spacial score (nSPS) is 11.8. The number of hydrogen-bond acceptors (Lipinski definition) is 1. The van der Waals surface area contributed by atoms with Crippen molar-refractivity contribution in [1.82, 2.24) is 0 Å². The molecule has 108 valence electrons. The maximum Gasteiger partial charge on any atom is 0.422 e. The maximum atomic E-state index is 13.6. The molecule has 0 bridgehead atoms. The zero-order valence-electron chi connectivity index (χ0n) is 9.79. The Labute approximate surface area is 104 Å². The van der Waals surface area contributed by atoms with Crippen molar-refractivity contribution in [2.24, 2.45) is 0 Å². The molecule has 0 saturated carbocycles. The topological polar surface area (TPSA) is 3.24 Å². The third-order valence-corrected chi connectivity index (χ3v) is 2.40. The van der Waals surface area contributed by atoms with Gasteiger partial charge in [0, 0.05) is 12.6 Å². The van der Waals surface area contributed by atoms with Crippen LogP contribution in [-0.2, 0) is 6.18 Å². The number of halogens is 7. The van der Waals surface area contributed by atoms with Crippen LogP contribution in [0.4, 0.5) is 36.4 Å². The molecule has 0 atom stereocenters. The van der Waals surface area contributed by atoms with Crippen LogP contribution in [0.2, 0.25) is 0 Å². The predicted octanol–water partition coefficient (Wildman–Crippen LogP) is 4.27. The number of rotatable bonds is 4. The molecule has 0 N–H and O–H groups in total. The van der Waals surface area contributed by atoms with Crippen molar-refractivity contribution in [3.05, 3.63) is 29.1 Å². The molecule has 0 aliphatic rings. The minimum absolute atomic E-state index is 0.129. The largest absolute Gasteiger partial charge is 0.422 e. The molecule has 0 aromatic heterocycles. The Morgan fingerprint density at radius 2 is 1.68 bits per heavy atom. The second-order valence-electron chi connectivity index (χ2n) is 3.76. The lowest BCUT2D eigenvalue weighted by Crippen LogP contribution is -2.26. The van der Waals surface area contributed by atoms with Gasteiger partial charge in [0.1, 0.15) is 5.56 Å². The van der Waals surface area contributed by atoms with Crippen LogP contribution in [0, 0.1) is 17.5 Å². The quantitative estimate of drug-likeness (QED) is 0.454. The molecule has 0 saturated heterocycles. The standard InChI is InChI=1S/C11H10F7N/c1-2-3-19(5-12)7-4-6(13)9(14)8(10(7)15)11(16,17)18/h4H,2-3,5H2,1H3. The van der Waals surface area contributed by atoms with Crippen LogP contribution in [0.5, 0.6) is 0 Å². The Balaban J connectivity index is 3.47. The van der Waals surface area contributed by atoms with E-state index >= 15 is 0 Å². The molecule has 1 nitrogen and oxygen atoms in total. The minimum Gasteiger partial charge on any atom is -0.342 e. The summed E-state index contributed by atoms with van der Waals surface area (Å²) < 4.78 is 89.8. The average Bonchev–Trinajstić information content (AvgIpc) is 2.29. The van der Waals surface area contributed by atoms with Crippen molar-refractivity contribution >= 4 is 5.69 Å². The first kappa shape index (κ1) is 15.6. The van der Waals surface area contributed by atoms with Crippen molar-refractivity contribution < 1.29 is 30.7 Å². The van der Waals surface area contributed by atoms with Crippen molar-refractivity contribution in [3.63, 3.8) is 0 Å². The van der Waals surface area contributed by atoms with Crippen molar-refractivity contribution in [3.8, 4) is 0 Å². The van der Waals surface area contributed by atoms with Gasteiger partial charge < -0.3 is 4.90 Å². The summed E-state index contributed by atoms with van der Waals surface area (Å²) >= 11 is 0. The first-order valence-electron chi connectivity index (χ1n) is 5.29. The van der Waals surface area contributed by atoms with Gasteiger partial charge in [-0.15, -0.1) is 0 Å². The molecule has 1 aromatic rings. The van der Waals surface area contributed by atoms with Crippen LogP contribution in [-0.4, -0.2) is 13.3 Å². The molecule has 0 aliphatic carbocycles. The zero-order valence-corrected chi connectivity index (χ0v) is 9.79. The molecule has 0 unspecified atom stereocenters. The molecule has 0 spiro atoms. The molecular weight excluding hydrogens is 279 g/mol. The molecular formula is C11H10F7N.